The molecule has 0 aliphatic carbocycles. The number of aromatic nitrogens is 2. The molecular formula is C19H23FN4OS. The maximum Gasteiger partial charge on any atom is 0.225 e. The predicted molar refractivity (Wildman–Crippen MR) is 103 cm³/mol. The van der Waals surface area contributed by atoms with Crippen LogP contribution < -0.4 is 10.2 Å². The number of nitrogens with one attached hydrogen (secondary N) is 1. The summed E-state index contributed by atoms with van der Waals surface area (Å²) in [7, 11) is 0. The zero-order valence-electron chi connectivity index (χ0n) is 14.6. The number of rotatable bonds is 7. The Kier molecular flexibility index (Phi) is 6.82. The van der Waals surface area contributed by atoms with Crippen LogP contribution in [-0.4, -0.2) is 41.3 Å². The second kappa shape index (κ2) is 9.52. The molecule has 3 rings (SSSR count). The highest BCUT2D eigenvalue weighted by molar-refractivity contribution is 7.98. The Labute approximate surface area is 157 Å². The summed E-state index contributed by atoms with van der Waals surface area (Å²) in [5.41, 5.74) is 0.703. The number of nitrogens with zero attached hydrogens (tertiary/aromatic N) is 3. The summed E-state index contributed by atoms with van der Waals surface area (Å²) < 4.78 is 13.5. The van der Waals surface area contributed by atoms with E-state index in [-0.39, 0.29) is 17.6 Å². The first-order valence-corrected chi connectivity index (χ1v) is 10.0. The Bertz CT molecular complexity index is 716. The minimum absolute atomic E-state index is 0.0378. The molecule has 1 atom stereocenters. The van der Waals surface area contributed by atoms with Crippen LogP contribution in [0.2, 0.25) is 0 Å². The van der Waals surface area contributed by atoms with Crippen LogP contribution in [-0.2, 0) is 10.5 Å². The fraction of sp³-hybridized carbons (Fsp3) is 0.421. The average Bonchev–Trinajstić information content (AvgIpc) is 2.69. The van der Waals surface area contributed by atoms with Crippen LogP contribution in [0.4, 0.5) is 10.3 Å². The lowest BCUT2D eigenvalue weighted by Gasteiger charge is -2.31. The maximum atomic E-state index is 13.5. The first kappa shape index (κ1) is 18.6. The molecule has 1 aliphatic heterocycles. The minimum Gasteiger partial charge on any atom is -0.355 e. The lowest BCUT2D eigenvalue weighted by Crippen LogP contribution is -2.44. The highest BCUT2D eigenvalue weighted by Crippen LogP contribution is 2.20. The van der Waals surface area contributed by atoms with E-state index in [2.05, 4.69) is 20.2 Å². The Hall–Kier alpha value is -2.15. The number of thioether (sulfide) groups is 1. The van der Waals surface area contributed by atoms with Gasteiger partial charge >= 0.3 is 0 Å². The fourth-order valence-electron chi connectivity index (χ4n) is 3.02. The number of carbonyl (C=O) groups excluding carboxylic acids is 1. The van der Waals surface area contributed by atoms with Crippen molar-refractivity contribution in [3.05, 3.63) is 54.1 Å². The molecule has 0 saturated carbocycles. The molecule has 2 aromatic rings. The molecule has 0 radical (unpaired) electrons. The number of amides is 1. The van der Waals surface area contributed by atoms with Crippen molar-refractivity contribution in [2.45, 2.75) is 18.6 Å². The van der Waals surface area contributed by atoms with Crippen LogP contribution in [0.25, 0.3) is 0 Å². The topological polar surface area (TPSA) is 58.1 Å². The maximum absolute atomic E-state index is 13.5. The van der Waals surface area contributed by atoms with Gasteiger partial charge in [0.2, 0.25) is 11.9 Å². The van der Waals surface area contributed by atoms with E-state index >= 15 is 0 Å². The van der Waals surface area contributed by atoms with Crippen molar-refractivity contribution < 1.29 is 9.18 Å². The van der Waals surface area contributed by atoms with Gasteiger partial charge in [0.25, 0.3) is 0 Å². The Morgan fingerprint density at radius 3 is 2.88 bits per heavy atom. The Balaban J connectivity index is 1.38. The van der Waals surface area contributed by atoms with Crippen molar-refractivity contribution in [2.75, 3.05) is 30.3 Å². The van der Waals surface area contributed by atoms with Crippen molar-refractivity contribution in [2.24, 2.45) is 5.92 Å². The van der Waals surface area contributed by atoms with E-state index < -0.39 is 0 Å². The molecule has 7 heteroatoms. The number of halogens is 1. The summed E-state index contributed by atoms with van der Waals surface area (Å²) in [6, 6.07) is 8.59. The van der Waals surface area contributed by atoms with Crippen LogP contribution >= 0.6 is 11.8 Å². The second-order valence-electron chi connectivity index (χ2n) is 6.27. The van der Waals surface area contributed by atoms with Crippen LogP contribution in [0.15, 0.2) is 42.7 Å². The van der Waals surface area contributed by atoms with Crippen LogP contribution in [0.1, 0.15) is 18.4 Å². The van der Waals surface area contributed by atoms with Crippen LogP contribution in [0.3, 0.4) is 0 Å². The molecule has 1 saturated heterocycles. The van der Waals surface area contributed by atoms with Crippen molar-refractivity contribution in [3.8, 4) is 0 Å². The van der Waals surface area contributed by atoms with E-state index in [1.165, 1.54) is 6.07 Å². The quantitative estimate of drug-likeness (QED) is 0.755. The molecule has 5 nitrogen and oxygen atoms in total. The molecule has 1 N–H and O–H groups in total. The van der Waals surface area contributed by atoms with Crippen molar-refractivity contribution in [1.82, 2.24) is 15.3 Å². The third kappa shape index (κ3) is 5.17. The van der Waals surface area contributed by atoms with E-state index in [9.17, 15) is 9.18 Å². The molecular weight excluding hydrogens is 351 g/mol. The van der Waals surface area contributed by atoms with Gasteiger partial charge in [-0.25, -0.2) is 14.4 Å². The summed E-state index contributed by atoms with van der Waals surface area (Å²) in [4.78, 5) is 23.0. The fourth-order valence-corrected chi connectivity index (χ4v) is 3.86. The van der Waals surface area contributed by atoms with Gasteiger partial charge in [0.05, 0.1) is 5.92 Å². The molecule has 0 spiro atoms. The highest BCUT2D eigenvalue weighted by atomic mass is 32.2. The molecule has 0 unspecified atom stereocenters. The van der Waals surface area contributed by atoms with E-state index in [1.807, 2.05) is 6.07 Å². The van der Waals surface area contributed by atoms with E-state index in [4.69, 9.17) is 0 Å². The molecule has 26 heavy (non-hydrogen) atoms. The van der Waals surface area contributed by atoms with Gasteiger partial charge in [0.15, 0.2) is 0 Å². The number of piperidine rings is 1. The first-order chi connectivity index (χ1) is 12.7. The molecule has 0 bridgehead atoms. The smallest absolute Gasteiger partial charge is 0.225 e. The zero-order valence-corrected chi connectivity index (χ0v) is 15.4. The largest absolute Gasteiger partial charge is 0.355 e. The molecule has 1 amide bonds. The van der Waals surface area contributed by atoms with Crippen molar-refractivity contribution >= 4 is 23.6 Å². The standard InChI is InChI=1S/C19H23FN4OS/c20-17-7-2-1-5-16(17)14-26-12-10-21-18(25)15-6-3-11-24(13-15)19-22-8-4-9-23-19/h1-2,4-5,7-9,15H,3,6,10-14H2,(H,21,25)/t15-/m0/s1. The number of hydrogen-bond donors (Lipinski definition) is 1. The van der Waals surface area contributed by atoms with Crippen LogP contribution in [0, 0.1) is 11.7 Å². The van der Waals surface area contributed by atoms with E-state index in [0.29, 0.717) is 30.4 Å². The summed E-state index contributed by atoms with van der Waals surface area (Å²) in [6.45, 7) is 2.13. The van der Waals surface area contributed by atoms with Gasteiger partial charge in [0, 0.05) is 43.5 Å². The van der Waals surface area contributed by atoms with Gasteiger partial charge in [-0.2, -0.15) is 11.8 Å². The van der Waals surface area contributed by atoms with Gasteiger partial charge in [-0.1, -0.05) is 18.2 Å². The summed E-state index contributed by atoms with van der Waals surface area (Å²) in [5.74, 6) is 1.93. The van der Waals surface area contributed by atoms with Gasteiger partial charge in [-0.3, -0.25) is 4.79 Å². The van der Waals surface area contributed by atoms with Gasteiger partial charge < -0.3 is 10.2 Å². The Morgan fingerprint density at radius 1 is 1.27 bits per heavy atom. The normalized spacial score (nSPS) is 17.1. The summed E-state index contributed by atoms with van der Waals surface area (Å²) >= 11 is 1.62. The summed E-state index contributed by atoms with van der Waals surface area (Å²) in [5, 5.41) is 3.00. The molecule has 1 aromatic heterocycles. The SMILES string of the molecule is O=C(NCCSCc1ccccc1F)[C@H]1CCCN(c2ncccn2)C1. The molecule has 1 fully saturated rings. The number of carbonyl (C=O) groups is 1. The van der Waals surface area contributed by atoms with Crippen molar-refractivity contribution in [3.63, 3.8) is 0 Å². The third-order valence-corrected chi connectivity index (χ3v) is 5.40. The average molecular weight is 374 g/mol. The van der Waals surface area contributed by atoms with Crippen molar-refractivity contribution in [1.29, 1.82) is 0 Å². The van der Waals surface area contributed by atoms with Gasteiger partial charge in [-0.05, 0) is 30.5 Å². The predicted octanol–water partition coefficient (Wildman–Crippen LogP) is 2.88. The van der Waals surface area contributed by atoms with Crippen LogP contribution in [0.5, 0.6) is 0 Å². The first-order valence-electron chi connectivity index (χ1n) is 8.85. The highest BCUT2D eigenvalue weighted by Gasteiger charge is 2.26. The van der Waals surface area contributed by atoms with Gasteiger partial charge in [0.1, 0.15) is 5.82 Å². The lowest BCUT2D eigenvalue weighted by molar-refractivity contribution is -0.125. The number of anilines is 1. The molecule has 1 aliphatic rings. The van der Waals surface area contributed by atoms with E-state index in [0.717, 1.165) is 25.1 Å². The number of benzene rings is 1. The second-order valence-corrected chi connectivity index (χ2v) is 7.37. The summed E-state index contributed by atoms with van der Waals surface area (Å²) in [6.07, 6.45) is 5.29. The Morgan fingerprint density at radius 2 is 2.08 bits per heavy atom. The zero-order chi connectivity index (χ0) is 18.2. The monoisotopic (exact) mass is 374 g/mol. The van der Waals surface area contributed by atoms with Gasteiger partial charge in [-0.15, -0.1) is 0 Å². The minimum atomic E-state index is -0.172. The third-order valence-electron chi connectivity index (χ3n) is 4.39. The van der Waals surface area contributed by atoms with E-state index in [1.54, 1.807) is 42.4 Å². The lowest BCUT2D eigenvalue weighted by atomic mass is 9.97. The molecule has 1 aromatic carbocycles. The molecule has 2 heterocycles. The number of hydrogen-bond acceptors (Lipinski definition) is 5. The molecule has 138 valence electrons.